The first-order valence-electron chi connectivity index (χ1n) is 4.32. The molecule has 0 aliphatic rings. The molecule has 0 radical (unpaired) electrons. The van der Waals surface area contributed by atoms with Crippen LogP contribution in [0.4, 0.5) is 0 Å². The van der Waals surface area contributed by atoms with E-state index in [1.54, 1.807) is 0 Å². The second kappa shape index (κ2) is 3.87. The molecule has 2 aromatic rings. The van der Waals surface area contributed by atoms with E-state index in [4.69, 9.17) is 4.42 Å². The molecule has 1 heterocycles. The first-order valence-corrected chi connectivity index (χ1v) is 4.32. The smallest absolute Gasteiger partial charge is 0.199 e. The average molecular weight is 187 g/mol. The number of carbonyl (C=O) groups excluding carboxylic acids is 1. The molecule has 0 aliphatic carbocycles. The van der Waals surface area contributed by atoms with Gasteiger partial charge < -0.3 is 4.42 Å². The van der Waals surface area contributed by atoms with E-state index in [-0.39, 0.29) is 0 Å². The van der Waals surface area contributed by atoms with Crippen molar-refractivity contribution in [1.29, 1.82) is 0 Å². The van der Waals surface area contributed by atoms with Crippen LogP contribution in [0, 0.1) is 0 Å². The molecule has 1 aromatic carbocycles. The van der Waals surface area contributed by atoms with E-state index in [1.807, 2.05) is 30.3 Å². The van der Waals surface area contributed by atoms with Crippen LogP contribution in [0.15, 0.2) is 41.0 Å². The fraction of sp³-hybridized carbons (Fsp3) is 0.0909. The van der Waals surface area contributed by atoms with Crippen LogP contribution in [0.3, 0.4) is 0 Å². The molecule has 0 atom stereocenters. The largest absolute Gasteiger partial charge is 0.448 e. The average Bonchev–Trinajstić information content (AvgIpc) is 2.67. The summed E-state index contributed by atoms with van der Waals surface area (Å²) in [7, 11) is 0. The molecule has 1 aromatic heterocycles. The Morgan fingerprint density at radius 3 is 2.71 bits per heavy atom. The zero-order chi connectivity index (χ0) is 9.80. The van der Waals surface area contributed by atoms with Crippen molar-refractivity contribution in [2.75, 3.05) is 0 Å². The van der Waals surface area contributed by atoms with E-state index in [1.165, 1.54) is 6.26 Å². The van der Waals surface area contributed by atoms with Gasteiger partial charge in [0.15, 0.2) is 12.2 Å². The Labute approximate surface area is 81.4 Å². The molecule has 0 bridgehead atoms. The maximum absolute atomic E-state index is 10.3. The van der Waals surface area contributed by atoms with Gasteiger partial charge in [-0.25, -0.2) is 4.98 Å². The van der Waals surface area contributed by atoms with Crippen molar-refractivity contribution < 1.29 is 9.21 Å². The molecule has 3 nitrogen and oxygen atoms in total. The highest BCUT2D eigenvalue weighted by Crippen LogP contribution is 2.08. The van der Waals surface area contributed by atoms with Gasteiger partial charge in [-0.15, -0.1) is 0 Å². The first kappa shape index (κ1) is 8.69. The topological polar surface area (TPSA) is 43.1 Å². The van der Waals surface area contributed by atoms with Gasteiger partial charge in [0, 0.05) is 6.42 Å². The summed E-state index contributed by atoms with van der Waals surface area (Å²) in [5.41, 5.74) is 1.46. The van der Waals surface area contributed by atoms with E-state index < -0.39 is 0 Å². The highest BCUT2D eigenvalue weighted by atomic mass is 16.3. The standard InChI is InChI=1S/C11H9NO2/c13-7-10-8-14-11(12-10)6-9-4-2-1-3-5-9/h1-5,7-8H,6H2. The lowest BCUT2D eigenvalue weighted by molar-refractivity contribution is 0.111. The predicted molar refractivity (Wildman–Crippen MR) is 51.1 cm³/mol. The van der Waals surface area contributed by atoms with Gasteiger partial charge in [-0.2, -0.15) is 0 Å². The van der Waals surface area contributed by atoms with Crippen LogP contribution in [0.25, 0.3) is 0 Å². The van der Waals surface area contributed by atoms with Crippen molar-refractivity contribution in [2.45, 2.75) is 6.42 Å². The number of oxazole rings is 1. The van der Waals surface area contributed by atoms with Crippen LogP contribution in [0.5, 0.6) is 0 Å². The monoisotopic (exact) mass is 187 g/mol. The summed E-state index contributed by atoms with van der Waals surface area (Å²) in [5, 5.41) is 0. The Morgan fingerprint density at radius 2 is 2.07 bits per heavy atom. The van der Waals surface area contributed by atoms with Crippen LogP contribution >= 0.6 is 0 Å². The van der Waals surface area contributed by atoms with Crippen molar-refractivity contribution in [3.05, 3.63) is 53.7 Å². The Balaban J connectivity index is 2.15. The number of benzene rings is 1. The molecule has 0 saturated carbocycles. The van der Waals surface area contributed by atoms with Crippen LogP contribution in [0.2, 0.25) is 0 Å². The summed E-state index contributed by atoms with van der Waals surface area (Å²) in [6.45, 7) is 0. The third-order valence-corrected chi connectivity index (χ3v) is 1.89. The maximum atomic E-state index is 10.3. The molecule has 0 unspecified atom stereocenters. The summed E-state index contributed by atoms with van der Waals surface area (Å²) in [4.78, 5) is 14.3. The van der Waals surface area contributed by atoms with Gasteiger partial charge in [-0.1, -0.05) is 30.3 Å². The molecule has 0 saturated heterocycles. The minimum atomic E-state index is 0.343. The quantitative estimate of drug-likeness (QED) is 0.691. The van der Waals surface area contributed by atoms with Crippen molar-refractivity contribution in [2.24, 2.45) is 0 Å². The Bertz CT molecular complexity index is 420. The summed E-state index contributed by atoms with van der Waals surface area (Å²) in [6, 6.07) is 9.85. The van der Waals surface area contributed by atoms with Gasteiger partial charge in [0.2, 0.25) is 0 Å². The number of hydrogen-bond donors (Lipinski definition) is 0. The lowest BCUT2D eigenvalue weighted by Crippen LogP contribution is -1.88. The summed E-state index contributed by atoms with van der Waals surface area (Å²) >= 11 is 0. The lowest BCUT2D eigenvalue weighted by atomic mass is 10.1. The van der Waals surface area contributed by atoms with Gasteiger partial charge in [0.25, 0.3) is 0 Å². The third-order valence-electron chi connectivity index (χ3n) is 1.89. The number of nitrogens with zero attached hydrogens (tertiary/aromatic N) is 1. The summed E-state index contributed by atoms with van der Waals surface area (Å²) in [6.07, 6.45) is 2.66. The Kier molecular flexibility index (Phi) is 2.40. The fourth-order valence-corrected chi connectivity index (χ4v) is 1.23. The summed E-state index contributed by atoms with van der Waals surface area (Å²) in [5.74, 6) is 0.568. The second-order valence-electron chi connectivity index (χ2n) is 2.95. The van der Waals surface area contributed by atoms with Crippen molar-refractivity contribution >= 4 is 6.29 Å². The minimum Gasteiger partial charge on any atom is -0.448 e. The molecule has 0 amide bonds. The van der Waals surface area contributed by atoms with Gasteiger partial charge in [0.1, 0.15) is 12.0 Å². The highest BCUT2D eigenvalue weighted by molar-refractivity contribution is 5.70. The van der Waals surface area contributed by atoms with E-state index in [9.17, 15) is 4.79 Å². The lowest BCUT2D eigenvalue weighted by Gasteiger charge is -1.94. The number of aromatic nitrogens is 1. The van der Waals surface area contributed by atoms with Crippen molar-refractivity contribution in [1.82, 2.24) is 4.98 Å². The minimum absolute atomic E-state index is 0.343. The number of hydrogen-bond acceptors (Lipinski definition) is 3. The van der Waals surface area contributed by atoms with Crippen molar-refractivity contribution in [3.63, 3.8) is 0 Å². The highest BCUT2D eigenvalue weighted by Gasteiger charge is 2.03. The van der Waals surface area contributed by atoms with Gasteiger partial charge in [-0.05, 0) is 5.56 Å². The maximum Gasteiger partial charge on any atom is 0.199 e. The summed E-state index contributed by atoms with van der Waals surface area (Å²) < 4.78 is 5.12. The van der Waals surface area contributed by atoms with E-state index >= 15 is 0 Å². The second-order valence-corrected chi connectivity index (χ2v) is 2.95. The zero-order valence-corrected chi connectivity index (χ0v) is 7.51. The molecule has 0 aliphatic heterocycles. The van der Waals surface area contributed by atoms with E-state index in [0.717, 1.165) is 5.56 Å². The molecular formula is C11H9NO2. The predicted octanol–water partition coefficient (Wildman–Crippen LogP) is 2.08. The van der Waals surface area contributed by atoms with Crippen LogP contribution in [-0.4, -0.2) is 11.3 Å². The molecule has 0 fully saturated rings. The fourth-order valence-electron chi connectivity index (χ4n) is 1.23. The van der Waals surface area contributed by atoms with Crippen LogP contribution in [0.1, 0.15) is 21.9 Å². The first-order chi connectivity index (χ1) is 6.88. The molecule has 14 heavy (non-hydrogen) atoms. The normalized spacial score (nSPS) is 10.0. The molecule has 0 N–H and O–H groups in total. The number of aldehydes is 1. The molecular weight excluding hydrogens is 178 g/mol. The van der Waals surface area contributed by atoms with Crippen molar-refractivity contribution in [3.8, 4) is 0 Å². The van der Waals surface area contributed by atoms with E-state index in [2.05, 4.69) is 4.98 Å². The third kappa shape index (κ3) is 1.88. The van der Waals surface area contributed by atoms with Gasteiger partial charge in [0.05, 0.1) is 0 Å². The molecule has 2 rings (SSSR count). The Hall–Kier alpha value is -1.90. The number of rotatable bonds is 3. The van der Waals surface area contributed by atoms with Crippen LogP contribution < -0.4 is 0 Å². The molecule has 0 spiro atoms. The van der Waals surface area contributed by atoms with Crippen LogP contribution in [-0.2, 0) is 6.42 Å². The van der Waals surface area contributed by atoms with E-state index in [0.29, 0.717) is 24.3 Å². The zero-order valence-electron chi connectivity index (χ0n) is 7.51. The SMILES string of the molecule is O=Cc1coc(Cc2ccccc2)n1. The number of carbonyl (C=O) groups is 1. The molecule has 70 valence electrons. The van der Waals surface area contributed by atoms with Gasteiger partial charge >= 0.3 is 0 Å². The Morgan fingerprint density at radius 1 is 1.29 bits per heavy atom. The molecule has 3 heteroatoms. The van der Waals surface area contributed by atoms with Gasteiger partial charge in [-0.3, -0.25) is 4.79 Å².